The van der Waals surface area contributed by atoms with Gasteiger partial charge >= 0.3 is 0 Å². The minimum absolute atomic E-state index is 0.148. The van der Waals surface area contributed by atoms with Gasteiger partial charge in [0.05, 0.1) is 6.61 Å². The Kier molecular flexibility index (Phi) is 4.95. The van der Waals surface area contributed by atoms with Gasteiger partial charge in [-0.05, 0) is 42.8 Å². The Hall–Kier alpha value is -2.55. The van der Waals surface area contributed by atoms with Crippen molar-refractivity contribution in [1.29, 1.82) is 0 Å². The van der Waals surface area contributed by atoms with Crippen molar-refractivity contribution in [3.05, 3.63) is 66.2 Å². The lowest BCUT2D eigenvalue weighted by atomic mass is 10.2. The van der Waals surface area contributed by atoms with Gasteiger partial charge in [-0.15, -0.1) is 0 Å². The molecule has 0 fully saturated rings. The summed E-state index contributed by atoms with van der Waals surface area (Å²) in [6, 6.07) is 17.0. The SMILES string of the molecule is CCOc1ccc(C=CC(=O)Nc2ccccc2)cc1. The topological polar surface area (TPSA) is 38.3 Å². The number of rotatable bonds is 5. The first kappa shape index (κ1) is 13.9. The van der Waals surface area contributed by atoms with Crippen LogP contribution in [0.3, 0.4) is 0 Å². The van der Waals surface area contributed by atoms with Gasteiger partial charge < -0.3 is 10.1 Å². The molecule has 0 saturated heterocycles. The van der Waals surface area contributed by atoms with E-state index in [2.05, 4.69) is 5.32 Å². The normalized spacial score (nSPS) is 10.4. The molecular weight excluding hydrogens is 250 g/mol. The number of anilines is 1. The number of carbonyl (C=O) groups is 1. The summed E-state index contributed by atoms with van der Waals surface area (Å²) in [7, 11) is 0. The van der Waals surface area contributed by atoms with Crippen molar-refractivity contribution >= 4 is 17.7 Å². The van der Waals surface area contributed by atoms with Crippen molar-refractivity contribution in [2.24, 2.45) is 0 Å². The van der Waals surface area contributed by atoms with Crippen LogP contribution in [0.2, 0.25) is 0 Å². The monoisotopic (exact) mass is 267 g/mol. The molecule has 0 aromatic heterocycles. The Balaban J connectivity index is 1.93. The van der Waals surface area contributed by atoms with E-state index in [4.69, 9.17) is 4.74 Å². The van der Waals surface area contributed by atoms with Crippen molar-refractivity contribution in [1.82, 2.24) is 0 Å². The summed E-state index contributed by atoms with van der Waals surface area (Å²) in [6.45, 7) is 2.59. The highest BCUT2D eigenvalue weighted by molar-refractivity contribution is 6.01. The summed E-state index contributed by atoms with van der Waals surface area (Å²) in [6.07, 6.45) is 3.29. The van der Waals surface area contributed by atoms with Crippen LogP contribution in [0.15, 0.2) is 60.7 Å². The minimum atomic E-state index is -0.148. The van der Waals surface area contributed by atoms with Gasteiger partial charge in [0, 0.05) is 11.8 Å². The Morgan fingerprint density at radius 1 is 1.10 bits per heavy atom. The van der Waals surface area contributed by atoms with Crippen LogP contribution in [-0.4, -0.2) is 12.5 Å². The number of ether oxygens (including phenoxy) is 1. The van der Waals surface area contributed by atoms with Crippen LogP contribution in [0.5, 0.6) is 5.75 Å². The van der Waals surface area contributed by atoms with Gasteiger partial charge in [-0.25, -0.2) is 0 Å². The van der Waals surface area contributed by atoms with Gasteiger partial charge in [-0.2, -0.15) is 0 Å². The van der Waals surface area contributed by atoms with Crippen molar-refractivity contribution in [3.8, 4) is 5.75 Å². The fourth-order valence-electron chi connectivity index (χ4n) is 1.72. The first-order valence-corrected chi connectivity index (χ1v) is 6.55. The lowest BCUT2D eigenvalue weighted by Crippen LogP contribution is -2.07. The van der Waals surface area contributed by atoms with Gasteiger partial charge in [0.15, 0.2) is 0 Å². The highest BCUT2D eigenvalue weighted by Gasteiger charge is 1.97. The van der Waals surface area contributed by atoms with Crippen molar-refractivity contribution in [2.75, 3.05) is 11.9 Å². The molecule has 1 N–H and O–H groups in total. The standard InChI is InChI=1S/C17H17NO2/c1-2-20-16-11-8-14(9-12-16)10-13-17(19)18-15-6-4-3-5-7-15/h3-13H,2H2,1H3,(H,18,19). The third-order valence-electron chi connectivity index (χ3n) is 2.66. The van der Waals surface area contributed by atoms with E-state index in [1.165, 1.54) is 6.08 Å². The summed E-state index contributed by atoms with van der Waals surface area (Å²) in [4.78, 5) is 11.7. The second-order valence-electron chi connectivity index (χ2n) is 4.19. The van der Waals surface area contributed by atoms with Crippen LogP contribution in [0, 0.1) is 0 Å². The predicted octanol–water partition coefficient (Wildman–Crippen LogP) is 3.74. The number of para-hydroxylation sites is 1. The van der Waals surface area contributed by atoms with Gasteiger partial charge in [0.25, 0.3) is 0 Å². The lowest BCUT2D eigenvalue weighted by molar-refractivity contribution is -0.111. The molecule has 0 saturated carbocycles. The zero-order chi connectivity index (χ0) is 14.2. The van der Waals surface area contributed by atoms with E-state index in [1.54, 1.807) is 6.08 Å². The maximum absolute atomic E-state index is 11.7. The van der Waals surface area contributed by atoms with E-state index >= 15 is 0 Å². The number of amides is 1. The summed E-state index contributed by atoms with van der Waals surface area (Å²) in [5.74, 6) is 0.684. The molecular formula is C17H17NO2. The molecule has 0 unspecified atom stereocenters. The maximum Gasteiger partial charge on any atom is 0.248 e. The van der Waals surface area contributed by atoms with Crippen LogP contribution in [0.25, 0.3) is 6.08 Å². The van der Waals surface area contributed by atoms with E-state index in [9.17, 15) is 4.79 Å². The molecule has 0 spiro atoms. The number of hydrogen-bond donors (Lipinski definition) is 1. The lowest BCUT2D eigenvalue weighted by Gasteiger charge is -2.02. The average Bonchev–Trinajstić information content (AvgIpc) is 2.48. The molecule has 0 aliphatic heterocycles. The highest BCUT2D eigenvalue weighted by Crippen LogP contribution is 2.13. The highest BCUT2D eigenvalue weighted by atomic mass is 16.5. The molecule has 0 heterocycles. The van der Waals surface area contributed by atoms with Crippen molar-refractivity contribution < 1.29 is 9.53 Å². The molecule has 2 rings (SSSR count). The van der Waals surface area contributed by atoms with E-state index in [0.717, 1.165) is 17.0 Å². The van der Waals surface area contributed by atoms with Crippen LogP contribution in [-0.2, 0) is 4.79 Å². The molecule has 102 valence electrons. The third-order valence-corrected chi connectivity index (χ3v) is 2.66. The van der Waals surface area contributed by atoms with E-state index < -0.39 is 0 Å². The van der Waals surface area contributed by atoms with Crippen LogP contribution in [0.4, 0.5) is 5.69 Å². The van der Waals surface area contributed by atoms with Gasteiger partial charge in [0.2, 0.25) is 5.91 Å². The molecule has 0 aliphatic rings. The Labute approximate surface area is 118 Å². The molecule has 0 atom stereocenters. The van der Waals surface area contributed by atoms with Gasteiger partial charge in [0.1, 0.15) is 5.75 Å². The smallest absolute Gasteiger partial charge is 0.248 e. The quantitative estimate of drug-likeness (QED) is 0.838. The molecule has 3 nitrogen and oxygen atoms in total. The molecule has 3 heteroatoms. The molecule has 0 radical (unpaired) electrons. The number of hydrogen-bond acceptors (Lipinski definition) is 2. The third kappa shape index (κ3) is 4.28. The zero-order valence-electron chi connectivity index (χ0n) is 11.4. The first-order chi connectivity index (χ1) is 9.78. The second kappa shape index (κ2) is 7.14. The van der Waals surface area contributed by atoms with Crippen LogP contribution < -0.4 is 10.1 Å². The van der Waals surface area contributed by atoms with Crippen molar-refractivity contribution in [2.45, 2.75) is 6.92 Å². The maximum atomic E-state index is 11.7. The summed E-state index contributed by atoms with van der Waals surface area (Å²) >= 11 is 0. The molecule has 1 amide bonds. The van der Waals surface area contributed by atoms with E-state index in [1.807, 2.05) is 61.5 Å². The van der Waals surface area contributed by atoms with Gasteiger partial charge in [-0.1, -0.05) is 30.3 Å². The first-order valence-electron chi connectivity index (χ1n) is 6.55. The van der Waals surface area contributed by atoms with Crippen molar-refractivity contribution in [3.63, 3.8) is 0 Å². The predicted molar refractivity (Wildman–Crippen MR) is 81.7 cm³/mol. The Morgan fingerprint density at radius 2 is 1.80 bits per heavy atom. The summed E-state index contributed by atoms with van der Waals surface area (Å²) in [5.41, 5.74) is 1.74. The molecule has 2 aromatic rings. The molecule has 0 bridgehead atoms. The number of nitrogens with one attached hydrogen (secondary N) is 1. The van der Waals surface area contributed by atoms with E-state index in [-0.39, 0.29) is 5.91 Å². The fraction of sp³-hybridized carbons (Fsp3) is 0.118. The molecule has 20 heavy (non-hydrogen) atoms. The summed E-state index contributed by atoms with van der Waals surface area (Å²) < 4.78 is 5.36. The second-order valence-corrected chi connectivity index (χ2v) is 4.19. The van der Waals surface area contributed by atoms with Crippen LogP contribution >= 0.6 is 0 Å². The number of carbonyl (C=O) groups excluding carboxylic acids is 1. The average molecular weight is 267 g/mol. The minimum Gasteiger partial charge on any atom is -0.494 e. The Bertz CT molecular complexity index is 574. The van der Waals surface area contributed by atoms with Crippen LogP contribution in [0.1, 0.15) is 12.5 Å². The molecule has 2 aromatic carbocycles. The fourth-order valence-corrected chi connectivity index (χ4v) is 1.72. The summed E-state index contributed by atoms with van der Waals surface area (Å²) in [5, 5.41) is 2.79. The number of benzene rings is 2. The van der Waals surface area contributed by atoms with Gasteiger partial charge in [-0.3, -0.25) is 4.79 Å². The van der Waals surface area contributed by atoms with E-state index in [0.29, 0.717) is 6.61 Å². The Morgan fingerprint density at radius 3 is 2.45 bits per heavy atom. The molecule has 0 aliphatic carbocycles. The largest absolute Gasteiger partial charge is 0.494 e. The zero-order valence-corrected chi connectivity index (χ0v) is 11.4.